The summed E-state index contributed by atoms with van der Waals surface area (Å²) in [5.74, 6) is 0. The van der Waals surface area contributed by atoms with Crippen LogP contribution in [0.15, 0.2) is 0 Å². The van der Waals surface area contributed by atoms with E-state index >= 15 is 0 Å². The third-order valence-electron chi connectivity index (χ3n) is 1.09. The molecule has 1 aliphatic rings. The first-order valence-corrected chi connectivity index (χ1v) is 5.31. The quantitative estimate of drug-likeness (QED) is 0.471. The minimum absolute atomic E-state index is 0.352. The van der Waals surface area contributed by atoms with Gasteiger partial charge in [-0.2, -0.15) is 0 Å². The summed E-state index contributed by atoms with van der Waals surface area (Å²) in [7, 11) is -0.352. The molecule has 2 heteroatoms. The predicted octanol–water partition coefficient (Wildman–Crippen LogP) is 1.04. The second kappa shape index (κ2) is 1.39. The number of rotatable bonds is 1. The monoisotopic (exact) mass is 120 g/mol. The van der Waals surface area contributed by atoms with E-state index in [9.17, 15) is 0 Å². The van der Waals surface area contributed by atoms with E-state index in [0.29, 0.717) is 5.44 Å². The van der Waals surface area contributed by atoms with Crippen LogP contribution < -0.4 is 0 Å². The van der Waals surface area contributed by atoms with Crippen LogP contribution in [-0.2, 0) is 4.74 Å². The van der Waals surface area contributed by atoms with Gasteiger partial charge in [0.15, 0.2) is 0 Å². The molecule has 0 aromatic rings. The Balaban J connectivity index is 2.36. The molecule has 44 valence electrons. The fourth-order valence-electron chi connectivity index (χ4n) is 0.448. The highest BCUT2D eigenvalue weighted by Crippen LogP contribution is 2.47. The van der Waals surface area contributed by atoms with E-state index in [1.165, 1.54) is 0 Å². The Bertz CT molecular complexity index is 70.6. The fraction of sp³-hybridized carbons (Fsp3) is 1.00. The van der Waals surface area contributed by atoms with Crippen molar-refractivity contribution in [2.24, 2.45) is 0 Å². The topological polar surface area (TPSA) is 12.5 Å². The molecule has 0 N–H and O–H groups in total. The van der Waals surface area contributed by atoms with E-state index in [-0.39, 0.29) is 10.0 Å². The molecule has 1 saturated heterocycles. The van der Waals surface area contributed by atoms with Crippen molar-refractivity contribution in [1.29, 1.82) is 0 Å². The average molecular weight is 120 g/mol. The van der Waals surface area contributed by atoms with E-state index in [4.69, 9.17) is 4.74 Å². The normalized spacial score (nSPS) is 32.7. The molecule has 1 heterocycles. The van der Waals surface area contributed by atoms with Gasteiger partial charge >= 0.3 is 0 Å². The van der Waals surface area contributed by atoms with Gasteiger partial charge < -0.3 is 4.74 Å². The van der Waals surface area contributed by atoms with Crippen LogP contribution >= 0.6 is 10.0 Å². The maximum atomic E-state index is 5.11. The van der Waals surface area contributed by atoms with Gasteiger partial charge in [0.25, 0.3) is 0 Å². The van der Waals surface area contributed by atoms with Gasteiger partial charge in [-0.05, 0) is 18.8 Å². The van der Waals surface area contributed by atoms with Gasteiger partial charge in [0.1, 0.15) is 5.44 Å². The van der Waals surface area contributed by atoms with Gasteiger partial charge in [-0.3, -0.25) is 0 Å². The molecule has 0 aromatic heterocycles. The Hall–Kier alpha value is 0.310. The van der Waals surface area contributed by atoms with Crippen molar-refractivity contribution in [3.05, 3.63) is 0 Å². The van der Waals surface area contributed by atoms with Gasteiger partial charge in [0, 0.05) is 0 Å². The largest absolute Gasteiger partial charge is 0.363 e. The smallest absolute Gasteiger partial charge is 0.111 e. The number of hydrogen-bond donors (Lipinski definition) is 0. The zero-order valence-corrected chi connectivity index (χ0v) is 5.92. The molecule has 0 aromatic carbocycles. The van der Waals surface area contributed by atoms with E-state index in [2.05, 4.69) is 18.8 Å². The lowest BCUT2D eigenvalue weighted by atomic mass is 11.0. The van der Waals surface area contributed by atoms with Crippen molar-refractivity contribution in [3.8, 4) is 0 Å². The Labute approximate surface area is 46.4 Å². The summed E-state index contributed by atoms with van der Waals surface area (Å²) in [5, 5.41) is 0. The van der Waals surface area contributed by atoms with Crippen molar-refractivity contribution in [1.82, 2.24) is 0 Å². The van der Waals surface area contributed by atoms with E-state index in [0.717, 1.165) is 6.61 Å². The summed E-state index contributed by atoms with van der Waals surface area (Å²) in [6, 6.07) is 0. The SMILES string of the molecule is CS(C)(C)C1CO1. The molecule has 0 radical (unpaired) electrons. The van der Waals surface area contributed by atoms with Crippen LogP contribution in [0.25, 0.3) is 0 Å². The third kappa shape index (κ3) is 1.35. The molecule has 7 heavy (non-hydrogen) atoms. The zero-order chi connectivity index (χ0) is 5.49. The predicted molar refractivity (Wildman–Crippen MR) is 35.1 cm³/mol. The van der Waals surface area contributed by atoms with Crippen LogP contribution in [0.2, 0.25) is 0 Å². The number of epoxide rings is 1. The van der Waals surface area contributed by atoms with Gasteiger partial charge in [0.05, 0.1) is 6.61 Å². The maximum Gasteiger partial charge on any atom is 0.111 e. The van der Waals surface area contributed by atoms with E-state index in [1.807, 2.05) is 0 Å². The van der Waals surface area contributed by atoms with Crippen LogP contribution in [0.3, 0.4) is 0 Å². The highest BCUT2D eigenvalue weighted by molar-refractivity contribution is 8.32. The summed E-state index contributed by atoms with van der Waals surface area (Å²) in [6.45, 7) is 1.01. The summed E-state index contributed by atoms with van der Waals surface area (Å²) >= 11 is 0. The van der Waals surface area contributed by atoms with Crippen molar-refractivity contribution < 1.29 is 4.74 Å². The molecule has 0 saturated carbocycles. The molecule has 0 spiro atoms. The molecule has 0 bridgehead atoms. The lowest BCUT2D eigenvalue weighted by molar-refractivity contribution is 0.458. The molecule has 1 aliphatic heterocycles. The Morgan fingerprint density at radius 3 is 1.86 bits per heavy atom. The molecule has 0 aliphatic carbocycles. The molecule has 1 unspecified atom stereocenters. The van der Waals surface area contributed by atoms with Crippen LogP contribution in [0.5, 0.6) is 0 Å². The lowest BCUT2D eigenvalue weighted by Crippen LogP contribution is -1.98. The van der Waals surface area contributed by atoms with Crippen molar-refractivity contribution in [2.45, 2.75) is 5.44 Å². The zero-order valence-electron chi connectivity index (χ0n) is 5.10. The molecule has 1 atom stereocenters. The van der Waals surface area contributed by atoms with E-state index < -0.39 is 0 Å². The number of hydrogen-bond acceptors (Lipinski definition) is 1. The second-order valence-corrected chi connectivity index (χ2v) is 7.08. The molecule has 1 nitrogen and oxygen atoms in total. The second-order valence-electron chi connectivity index (χ2n) is 2.69. The van der Waals surface area contributed by atoms with Crippen molar-refractivity contribution in [3.63, 3.8) is 0 Å². The standard InChI is InChI=1S/C5H12OS/c1-7(2,3)5-4-6-5/h5H,4H2,1-3H3. The first kappa shape index (κ1) is 5.45. The number of ether oxygens (including phenoxy) is 1. The minimum atomic E-state index is -0.352. The Morgan fingerprint density at radius 2 is 1.86 bits per heavy atom. The molecule has 0 amide bonds. The average Bonchev–Trinajstić information content (AvgIpc) is 1.99. The van der Waals surface area contributed by atoms with Gasteiger partial charge in [-0.15, -0.1) is 0 Å². The lowest BCUT2D eigenvalue weighted by Gasteiger charge is -2.21. The summed E-state index contributed by atoms with van der Waals surface area (Å²) in [5.41, 5.74) is 0.632. The molecule has 1 fully saturated rings. The minimum Gasteiger partial charge on any atom is -0.363 e. The summed E-state index contributed by atoms with van der Waals surface area (Å²) < 4.78 is 5.11. The van der Waals surface area contributed by atoms with Crippen LogP contribution in [0.1, 0.15) is 0 Å². The summed E-state index contributed by atoms with van der Waals surface area (Å²) in [6.07, 6.45) is 6.85. The van der Waals surface area contributed by atoms with Crippen molar-refractivity contribution in [2.75, 3.05) is 25.4 Å². The van der Waals surface area contributed by atoms with Gasteiger partial charge in [0.2, 0.25) is 0 Å². The molecular formula is C5H12OS. The van der Waals surface area contributed by atoms with Crippen LogP contribution in [0, 0.1) is 0 Å². The van der Waals surface area contributed by atoms with Crippen LogP contribution in [-0.4, -0.2) is 30.8 Å². The first-order chi connectivity index (χ1) is 3.11. The third-order valence-corrected chi connectivity index (χ3v) is 2.94. The highest BCUT2D eigenvalue weighted by atomic mass is 32.3. The van der Waals surface area contributed by atoms with Crippen LogP contribution in [0.4, 0.5) is 0 Å². The molecular weight excluding hydrogens is 108 g/mol. The van der Waals surface area contributed by atoms with Crippen molar-refractivity contribution >= 4 is 10.0 Å². The molecule has 1 rings (SSSR count). The van der Waals surface area contributed by atoms with E-state index in [1.54, 1.807) is 0 Å². The maximum absolute atomic E-state index is 5.11. The first-order valence-electron chi connectivity index (χ1n) is 2.39. The van der Waals surface area contributed by atoms with Gasteiger partial charge in [-0.25, -0.2) is 10.0 Å². The fourth-order valence-corrected chi connectivity index (χ4v) is 1.34. The Kier molecular flexibility index (Phi) is 1.08. The highest BCUT2D eigenvalue weighted by Gasteiger charge is 2.31. The Morgan fingerprint density at radius 1 is 1.43 bits per heavy atom. The summed E-state index contributed by atoms with van der Waals surface area (Å²) in [4.78, 5) is 0. The van der Waals surface area contributed by atoms with Gasteiger partial charge in [-0.1, -0.05) is 0 Å².